The normalized spacial score (nSPS) is 12.9. The summed E-state index contributed by atoms with van der Waals surface area (Å²) in [6.07, 6.45) is 5.59. The summed E-state index contributed by atoms with van der Waals surface area (Å²) in [5, 5.41) is 0. The van der Waals surface area contributed by atoms with Gasteiger partial charge in [-0.2, -0.15) is 0 Å². The van der Waals surface area contributed by atoms with E-state index in [2.05, 4.69) is 23.4 Å². The topological polar surface area (TPSA) is 69.9 Å². The zero-order valence-corrected chi connectivity index (χ0v) is 10.2. The van der Waals surface area contributed by atoms with Gasteiger partial charge in [-0.3, -0.25) is 0 Å². The van der Waals surface area contributed by atoms with E-state index in [1.165, 1.54) is 0 Å². The Morgan fingerprint density at radius 1 is 1.18 bits per heavy atom. The van der Waals surface area contributed by atoms with Crippen LogP contribution in [0, 0.1) is 5.92 Å². The maximum atomic E-state index is 5.86. The molecule has 0 aliphatic heterocycles. The van der Waals surface area contributed by atoms with Crippen LogP contribution in [-0.4, -0.2) is 9.55 Å². The summed E-state index contributed by atoms with van der Waals surface area (Å²) in [5.74, 6) is 0.451. The zero-order valence-electron chi connectivity index (χ0n) is 10.2. The minimum Gasteiger partial charge on any atom is -0.397 e. The zero-order chi connectivity index (χ0) is 12.4. The second-order valence-corrected chi connectivity index (χ2v) is 4.59. The molecule has 0 fully saturated rings. The van der Waals surface area contributed by atoms with Crippen molar-refractivity contribution in [3.05, 3.63) is 42.5 Å². The van der Waals surface area contributed by atoms with Crippen LogP contribution in [0.15, 0.2) is 36.9 Å². The van der Waals surface area contributed by atoms with Crippen molar-refractivity contribution < 1.29 is 0 Å². The van der Waals surface area contributed by atoms with E-state index in [1.807, 2.05) is 30.7 Å². The fourth-order valence-electron chi connectivity index (χ4n) is 2.11. The minimum atomic E-state index is 0.236. The van der Waals surface area contributed by atoms with Crippen molar-refractivity contribution >= 4 is 11.4 Å². The molecule has 0 spiro atoms. The lowest BCUT2D eigenvalue weighted by Crippen LogP contribution is -2.15. The fraction of sp³-hybridized carbons (Fsp3) is 0.308. The molecule has 0 amide bonds. The van der Waals surface area contributed by atoms with Crippen LogP contribution in [0.1, 0.15) is 25.5 Å². The van der Waals surface area contributed by atoms with Crippen LogP contribution < -0.4 is 11.5 Å². The van der Waals surface area contributed by atoms with Gasteiger partial charge in [0.2, 0.25) is 0 Å². The summed E-state index contributed by atoms with van der Waals surface area (Å²) >= 11 is 0. The summed E-state index contributed by atoms with van der Waals surface area (Å²) in [6.45, 7) is 4.36. The number of nitrogens with zero attached hydrogens (tertiary/aromatic N) is 2. The van der Waals surface area contributed by atoms with Gasteiger partial charge in [0.15, 0.2) is 0 Å². The number of rotatable bonds is 3. The molecule has 1 atom stereocenters. The molecule has 1 unspecified atom stereocenters. The number of hydrogen-bond donors (Lipinski definition) is 2. The third kappa shape index (κ3) is 2.25. The molecule has 0 bridgehead atoms. The Morgan fingerprint density at radius 3 is 2.47 bits per heavy atom. The first kappa shape index (κ1) is 11.5. The van der Waals surface area contributed by atoms with Crippen LogP contribution in [0.4, 0.5) is 11.4 Å². The Balaban J connectivity index is 2.43. The molecular formula is C13H18N4. The highest BCUT2D eigenvalue weighted by atomic mass is 15.1. The van der Waals surface area contributed by atoms with Gasteiger partial charge in [-0.1, -0.05) is 19.9 Å². The van der Waals surface area contributed by atoms with Gasteiger partial charge in [0.1, 0.15) is 0 Å². The molecule has 1 aromatic heterocycles. The number of nitrogens with two attached hydrogens (primary N) is 2. The van der Waals surface area contributed by atoms with Crippen molar-refractivity contribution in [2.24, 2.45) is 5.92 Å². The Kier molecular flexibility index (Phi) is 3.04. The first-order chi connectivity index (χ1) is 8.09. The Labute approximate surface area is 101 Å². The molecule has 0 radical (unpaired) electrons. The molecule has 90 valence electrons. The van der Waals surface area contributed by atoms with Crippen LogP contribution in [0.2, 0.25) is 0 Å². The summed E-state index contributed by atoms with van der Waals surface area (Å²) < 4.78 is 2.09. The Morgan fingerprint density at radius 2 is 1.94 bits per heavy atom. The second-order valence-electron chi connectivity index (χ2n) is 4.59. The summed E-state index contributed by atoms with van der Waals surface area (Å²) in [5.41, 5.74) is 14.0. The molecule has 4 nitrogen and oxygen atoms in total. The van der Waals surface area contributed by atoms with Gasteiger partial charge < -0.3 is 16.0 Å². The number of hydrogen-bond acceptors (Lipinski definition) is 3. The highest BCUT2D eigenvalue weighted by molar-refractivity contribution is 5.64. The largest absolute Gasteiger partial charge is 0.397 e. The van der Waals surface area contributed by atoms with Gasteiger partial charge in [-0.15, -0.1) is 0 Å². The molecule has 0 saturated heterocycles. The van der Waals surface area contributed by atoms with E-state index in [9.17, 15) is 0 Å². The molecule has 2 aromatic rings. The van der Waals surface area contributed by atoms with E-state index < -0.39 is 0 Å². The smallest absolute Gasteiger partial charge is 0.0951 e. The van der Waals surface area contributed by atoms with Crippen LogP contribution in [0.5, 0.6) is 0 Å². The first-order valence-corrected chi connectivity index (χ1v) is 5.72. The number of aromatic nitrogens is 2. The molecule has 0 saturated carbocycles. The molecule has 0 aliphatic rings. The van der Waals surface area contributed by atoms with E-state index in [0.29, 0.717) is 17.3 Å². The van der Waals surface area contributed by atoms with Crippen molar-refractivity contribution in [2.45, 2.75) is 19.9 Å². The van der Waals surface area contributed by atoms with Gasteiger partial charge in [-0.25, -0.2) is 4.98 Å². The first-order valence-electron chi connectivity index (χ1n) is 5.72. The molecule has 1 heterocycles. The lowest BCUT2D eigenvalue weighted by Gasteiger charge is -2.23. The maximum absolute atomic E-state index is 5.86. The molecule has 17 heavy (non-hydrogen) atoms. The van der Waals surface area contributed by atoms with E-state index >= 15 is 0 Å². The highest BCUT2D eigenvalue weighted by Crippen LogP contribution is 2.29. The van der Waals surface area contributed by atoms with Crippen LogP contribution in [0.3, 0.4) is 0 Å². The third-order valence-corrected chi connectivity index (χ3v) is 2.93. The van der Waals surface area contributed by atoms with E-state index in [4.69, 9.17) is 11.5 Å². The SMILES string of the molecule is CC(C)C(c1ccc(N)c(N)c1)n1ccnc1. The van der Waals surface area contributed by atoms with Gasteiger partial charge in [-0.05, 0) is 23.6 Å². The van der Waals surface area contributed by atoms with E-state index in [1.54, 1.807) is 6.20 Å². The number of imidazole rings is 1. The molecule has 1 aromatic carbocycles. The second kappa shape index (κ2) is 4.49. The predicted molar refractivity (Wildman–Crippen MR) is 70.5 cm³/mol. The van der Waals surface area contributed by atoms with Gasteiger partial charge in [0.25, 0.3) is 0 Å². The summed E-state index contributed by atoms with van der Waals surface area (Å²) in [6, 6.07) is 6.06. The van der Waals surface area contributed by atoms with Crippen molar-refractivity contribution in [3.63, 3.8) is 0 Å². The monoisotopic (exact) mass is 230 g/mol. The number of nitrogen functional groups attached to an aromatic ring is 2. The van der Waals surface area contributed by atoms with Crippen LogP contribution in [0.25, 0.3) is 0 Å². The molecule has 4 heteroatoms. The molecule has 0 aliphatic carbocycles. The van der Waals surface area contributed by atoms with Crippen molar-refractivity contribution in [1.82, 2.24) is 9.55 Å². The Hall–Kier alpha value is -1.97. The molecular weight excluding hydrogens is 212 g/mol. The lowest BCUT2D eigenvalue weighted by molar-refractivity contribution is 0.437. The van der Waals surface area contributed by atoms with Gasteiger partial charge in [0.05, 0.1) is 23.7 Å². The predicted octanol–water partition coefficient (Wildman–Crippen LogP) is 2.29. The molecule has 4 N–H and O–H groups in total. The van der Waals surface area contributed by atoms with Gasteiger partial charge >= 0.3 is 0 Å². The number of anilines is 2. The molecule has 2 rings (SSSR count). The third-order valence-electron chi connectivity index (χ3n) is 2.93. The van der Waals surface area contributed by atoms with Gasteiger partial charge in [0, 0.05) is 12.4 Å². The summed E-state index contributed by atoms with van der Waals surface area (Å²) in [7, 11) is 0. The van der Waals surface area contributed by atoms with Crippen molar-refractivity contribution in [3.8, 4) is 0 Å². The highest BCUT2D eigenvalue weighted by Gasteiger charge is 2.17. The fourth-order valence-corrected chi connectivity index (χ4v) is 2.11. The average Bonchev–Trinajstić information content (AvgIpc) is 2.76. The summed E-state index contributed by atoms with van der Waals surface area (Å²) in [4.78, 5) is 4.10. The van der Waals surface area contributed by atoms with E-state index in [0.717, 1.165) is 5.56 Å². The number of benzene rings is 1. The van der Waals surface area contributed by atoms with Crippen LogP contribution >= 0.6 is 0 Å². The van der Waals surface area contributed by atoms with Crippen molar-refractivity contribution in [1.29, 1.82) is 0 Å². The standard InChI is InChI=1S/C13H18N4/c1-9(2)13(17-6-5-16-8-17)10-3-4-11(14)12(15)7-10/h3-9,13H,14-15H2,1-2H3. The minimum absolute atomic E-state index is 0.236. The average molecular weight is 230 g/mol. The Bertz CT molecular complexity index is 488. The van der Waals surface area contributed by atoms with Crippen molar-refractivity contribution in [2.75, 3.05) is 11.5 Å². The van der Waals surface area contributed by atoms with Crippen LogP contribution in [-0.2, 0) is 0 Å². The maximum Gasteiger partial charge on any atom is 0.0951 e. The lowest BCUT2D eigenvalue weighted by atomic mass is 9.95. The van der Waals surface area contributed by atoms with E-state index in [-0.39, 0.29) is 6.04 Å². The quantitative estimate of drug-likeness (QED) is 0.795.